The Morgan fingerprint density at radius 3 is 2.39 bits per heavy atom. The Kier molecular flexibility index (Phi) is 3.60. The van der Waals surface area contributed by atoms with Crippen LogP contribution in [-0.4, -0.2) is 11.1 Å². The van der Waals surface area contributed by atoms with E-state index in [1.54, 1.807) is 36.4 Å². The first-order valence-corrected chi connectivity index (χ1v) is 6.04. The number of hydrogen-bond acceptors (Lipinski definition) is 1. The molecule has 0 aliphatic heterocycles. The Hall–Kier alpha value is -1.51. The Bertz CT molecular complexity index is 621. The molecule has 1 N–H and O–H groups in total. The van der Waals surface area contributed by atoms with Gasteiger partial charge in [-0.25, -0.2) is 4.79 Å². The fourth-order valence-corrected chi connectivity index (χ4v) is 2.29. The summed E-state index contributed by atoms with van der Waals surface area (Å²) in [5, 5.41) is 10.2. The Labute approximate surface area is 115 Å². The van der Waals surface area contributed by atoms with Crippen molar-refractivity contribution in [3.63, 3.8) is 0 Å². The zero-order valence-electron chi connectivity index (χ0n) is 9.58. The van der Waals surface area contributed by atoms with E-state index >= 15 is 0 Å². The van der Waals surface area contributed by atoms with Crippen LogP contribution in [0, 0.1) is 6.92 Å². The van der Waals surface area contributed by atoms with E-state index in [2.05, 4.69) is 0 Å². The van der Waals surface area contributed by atoms with Gasteiger partial charge in [0, 0.05) is 15.6 Å². The summed E-state index contributed by atoms with van der Waals surface area (Å²) in [5.74, 6) is -0.976. The van der Waals surface area contributed by atoms with Gasteiger partial charge >= 0.3 is 5.97 Å². The largest absolute Gasteiger partial charge is 0.478 e. The van der Waals surface area contributed by atoms with Crippen LogP contribution in [0.15, 0.2) is 36.4 Å². The number of benzene rings is 2. The molecule has 0 atom stereocenters. The summed E-state index contributed by atoms with van der Waals surface area (Å²) >= 11 is 12.0. The standard InChI is InChI=1S/C14H10Cl2O2/c1-8-2-4-11(14(17)18)12(6-8)10-5-3-9(15)7-13(10)16/h2-7H,1H3,(H,17,18). The summed E-state index contributed by atoms with van der Waals surface area (Å²) < 4.78 is 0. The van der Waals surface area contributed by atoms with Crippen LogP contribution >= 0.6 is 23.2 Å². The number of aromatic carboxylic acids is 1. The topological polar surface area (TPSA) is 37.3 Å². The molecular weight excluding hydrogens is 271 g/mol. The van der Waals surface area contributed by atoms with Crippen molar-refractivity contribution in [2.24, 2.45) is 0 Å². The third-order valence-corrected chi connectivity index (χ3v) is 3.17. The number of hydrogen-bond donors (Lipinski definition) is 1. The van der Waals surface area contributed by atoms with E-state index in [9.17, 15) is 9.90 Å². The molecule has 0 spiro atoms. The number of carboxylic acid groups (broad SMARTS) is 1. The number of rotatable bonds is 2. The van der Waals surface area contributed by atoms with E-state index in [4.69, 9.17) is 23.2 Å². The Balaban J connectivity index is 2.69. The number of carbonyl (C=O) groups is 1. The quantitative estimate of drug-likeness (QED) is 0.868. The summed E-state index contributed by atoms with van der Waals surface area (Å²) in [5.41, 5.74) is 2.47. The van der Waals surface area contributed by atoms with Crippen molar-refractivity contribution in [3.8, 4) is 11.1 Å². The molecule has 0 radical (unpaired) electrons. The predicted molar refractivity (Wildman–Crippen MR) is 73.6 cm³/mol. The van der Waals surface area contributed by atoms with Crippen LogP contribution in [0.5, 0.6) is 0 Å². The fraction of sp³-hybridized carbons (Fsp3) is 0.0714. The smallest absolute Gasteiger partial charge is 0.336 e. The molecule has 2 nitrogen and oxygen atoms in total. The average molecular weight is 281 g/mol. The predicted octanol–water partition coefficient (Wildman–Crippen LogP) is 4.67. The lowest BCUT2D eigenvalue weighted by molar-refractivity contribution is 0.0698. The molecule has 0 bridgehead atoms. The highest BCUT2D eigenvalue weighted by Gasteiger charge is 2.14. The maximum atomic E-state index is 11.2. The Morgan fingerprint density at radius 1 is 1.06 bits per heavy atom. The molecule has 4 heteroatoms. The highest BCUT2D eigenvalue weighted by molar-refractivity contribution is 6.36. The van der Waals surface area contributed by atoms with E-state index in [0.29, 0.717) is 21.2 Å². The number of carboxylic acids is 1. The number of aryl methyl sites for hydroxylation is 1. The van der Waals surface area contributed by atoms with Crippen molar-refractivity contribution >= 4 is 29.2 Å². The zero-order chi connectivity index (χ0) is 13.3. The van der Waals surface area contributed by atoms with Gasteiger partial charge in [0.1, 0.15) is 0 Å². The second-order valence-corrected chi connectivity index (χ2v) is 4.82. The highest BCUT2D eigenvalue weighted by atomic mass is 35.5. The molecular formula is C14H10Cl2O2. The van der Waals surface area contributed by atoms with Gasteiger partial charge in [0.25, 0.3) is 0 Å². The lowest BCUT2D eigenvalue weighted by atomic mass is 9.97. The van der Waals surface area contributed by atoms with E-state index in [1.165, 1.54) is 0 Å². The monoisotopic (exact) mass is 280 g/mol. The SMILES string of the molecule is Cc1ccc(C(=O)O)c(-c2ccc(Cl)cc2Cl)c1. The number of halogens is 2. The molecule has 2 rings (SSSR count). The van der Waals surface area contributed by atoms with Crippen molar-refractivity contribution in [3.05, 3.63) is 57.6 Å². The van der Waals surface area contributed by atoms with Gasteiger partial charge in [0.05, 0.1) is 5.56 Å². The Morgan fingerprint density at radius 2 is 1.78 bits per heavy atom. The van der Waals surface area contributed by atoms with Gasteiger partial charge in [-0.3, -0.25) is 0 Å². The molecule has 0 amide bonds. The van der Waals surface area contributed by atoms with Crippen molar-refractivity contribution in [1.82, 2.24) is 0 Å². The lowest BCUT2D eigenvalue weighted by Crippen LogP contribution is -2.00. The molecule has 0 aliphatic rings. The minimum absolute atomic E-state index is 0.227. The van der Waals surface area contributed by atoms with Crippen LogP contribution in [0.25, 0.3) is 11.1 Å². The van der Waals surface area contributed by atoms with E-state index in [0.717, 1.165) is 5.56 Å². The summed E-state index contributed by atoms with van der Waals surface area (Å²) in [6, 6.07) is 10.2. The molecule has 2 aromatic carbocycles. The van der Waals surface area contributed by atoms with E-state index < -0.39 is 5.97 Å². The third-order valence-electron chi connectivity index (χ3n) is 2.63. The van der Waals surface area contributed by atoms with Crippen LogP contribution in [0.4, 0.5) is 0 Å². The van der Waals surface area contributed by atoms with Crippen molar-refractivity contribution in [1.29, 1.82) is 0 Å². The molecule has 92 valence electrons. The van der Waals surface area contributed by atoms with Crippen molar-refractivity contribution < 1.29 is 9.90 Å². The third kappa shape index (κ3) is 2.50. The van der Waals surface area contributed by atoms with Gasteiger partial charge in [0.15, 0.2) is 0 Å². The fourth-order valence-electron chi connectivity index (χ4n) is 1.78. The van der Waals surface area contributed by atoms with Crippen LogP contribution in [0.3, 0.4) is 0 Å². The van der Waals surface area contributed by atoms with Gasteiger partial charge in [0.2, 0.25) is 0 Å². The van der Waals surface area contributed by atoms with Gasteiger partial charge in [-0.05, 0) is 30.7 Å². The maximum Gasteiger partial charge on any atom is 0.336 e. The lowest BCUT2D eigenvalue weighted by Gasteiger charge is -2.09. The van der Waals surface area contributed by atoms with Gasteiger partial charge < -0.3 is 5.11 Å². The molecule has 2 aromatic rings. The van der Waals surface area contributed by atoms with Gasteiger partial charge in [-0.2, -0.15) is 0 Å². The summed E-state index contributed by atoms with van der Waals surface area (Å²) in [7, 11) is 0. The molecule has 0 fully saturated rings. The molecule has 0 saturated carbocycles. The van der Waals surface area contributed by atoms with Crippen LogP contribution in [0.1, 0.15) is 15.9 Å². The van der Waals surface area contributed by atoms with E-state index in [1.807, 2.05) is 6.92 Å². The molecule has 18 heavy (non-hydrogen) atoms. The average Bonchev–Trinajstić information content (AvgIpc) is 2.28. The molecule has 0 unspecified atom stereocenters. The van der Waals surface area contributed by atoms with Crippen LogP contribution in [-0.2, 0) is 0 Å². The summed E-state index contributed by atoms with van der Waals surface area (Å²) in [6.45, 7) is 1.90. The maximum absolute atomic E-state index is 11.2. The molecule has 0 aromatic heterocycles. The summed E-state index contributed by atoms with van der Waals surface area (Å²) in [4.78, 5) is 11.2. The van der Waals surface area contributed by atoms with Crippen molar-refractivity contribution in [2.75, 3.05) is 0 Å². The molecule has 0 heterocycles. The van der Waals surface area contributed by atoms with Crippen molar-refractivity contribution in [2.45, 2.75) is 6.92 Å². The summed E-state index contributed by atoms with van der Waals surface area (Å²) in [6.07, 6.45) is 0. The highest BCUT2D eigenvalue weighted by Crippen LogP contribution is 2.33. The molecule has 0 saturated heterocycles. The van der Waals surface area contributed by atoms with Crippen LogP contribution < -0.4 is 0 Å². The zero-order valence-corrected chi connectivity index (χ0v) is 11.1. The first-order valence-electron chi connectivity index (χ1n) is 5.28. The second-order valence-electron chi connectivity index (χ2n) is 3.98. The minimum atomic E-state index is -0.976. The normalized spacial score (nSPS) is 10.4. The second kappa shape index (κ2) is 5.01. The van der Waals surface area contributed by atoms with Gasteiger partial charge in [-0.15, -0.1) is 0 Å². The van der Waals surface area contributed by atoms with Gasteiger partial charge in [-0.1, -0.05) is 47.0 Å². The first-order chi connectivity index (χ1) is 8.49. The minimum Gasteiger partial charge on any atom is -0.478 e. The van der Waals surface area contributed by atoms with E-state index in [-0.39, 0.29) is 5.56 Å². The first kappa shape index (κ1) is 12.9. The van der Waals surface area contributed by atoms with Crippen LogP contribution in [0.2, 0.25) is 10.0 Å². The molecule has 0 aliphatic carbocycles.